The van der Waals surface area contributed by atoms with E-state index in [1.807, 2.05) is 0 Å². The summed E-state index contributed by atoms with van der Waals surface area (Å²) in [6.07, 6.45) is 0. The van der Waals surface area contributed by atoms with E-state index < -0.39 is 11.4 Å². The monoisotopic (exact) mass is 139 g/mol. The third-order valence-electron chi connectivity index (χ3n) is 1.14. The molecule has 10 heavy (non-hydrogen) atoms. The molecular formula is C4H6BN3O2. The summed E-state index contributed by atoms with van der Waals surface area (Å²) in [6.45, 7) is 1.56. The lowest BCUT2D eigenvalue weighted by Crippen LogP contribution is -2.36. The fourth-order valence-electron chi connectivity index (χ4n) is 0.572. The van der Waals surface area contributed by atoms with Crippen LogP contribution in [0.4, 0.5) is 0 Å². The van der Waals surface area contributed by atoms with Crippen molar-refractivity contribution < 1.29 is 0 Å². The van der Waals surface area contributed by atoms with Gasteiger partial charge in [-0.2, -0.15) is 4.98 Å². The SMILES string of the molecule is Bn1c(=O)nc(C)[nH]c1=O. The molecule has 52 valence electrons. The molecule has 0 spiro atoms. The highest BCUT2D eigenvalue weighted by molar-refractivity contribution is 6.06. The molecule has 0 radical (unpaired) electrons. The van der Waals surface area contributed by atoms with Crippen molar-refractivity contribution in [1.29, 1.82) is 0 Å². The van der Waals surface area contributed by atoms with Gasteiger partial charge in [0.25, 0.3) is 0 Å². The van der Waals surface area contributed by atoms with Gasteiger partial charge in [-0.3, -0.25) is 9.46 Å². The second-order valence-corrected chi connectivity index (χ2v) is 1.97. The molecule has 1 rings (SSSR count). The second kappa shape index (κ2) is 2.13. The van der Waals surface area contributed by atoms with Crippen LogP contribution in [0.15, 0.2) is 9.59 Å². The molecule has 1 N–H and O–H groups in total. The highest BCUT2D eigenvalue weighted by Crippen LogP contribution is 1.68. The van der Waals surface area contributed by atoms with E-state index in [1.165, 1.54) is 7.98 Å². The minimum absolute atomic E-state index is 0.341. The molecule has 1 aromatic heterocycles. The van der Waals surface area contributed by atoms with Crippen molar-refractivity contribution >= 4 is 7.98 Å². The van der Waals surface area contributed by atoms with Crippen LogP contribution in [-0.4, -0.2) is 22.4 Å². The van der Waals surface area contributed by atoms with E-state index in [9.17, 15) is 9.59 Å². The lowest BCUT2D eigenvalue weighted by molar-refractivity contribution is 0.839. The molecule has 6 heteroatoms. The van der Waals surface area contributed by atoms with Crippen LogP contribution in [-0.2, 0) is 0 Å². The zero-order chi connectivity index (χ0) is 7.72. The van der Waals surface area contributed by atoms with Gasteiger partial charge in [0.05, 0.1) is 0 Å². The smallest absolute Gasteiger partial charge is 0.299 e. The third-order valence-corrected chi connectivity index (χ3v) is 1.14. The van der Waals surface area contributed by atoms with E-state index in [0.29, 0.717) is 5.82 Å². The Balaban J connectivity index is 3.62. The van der Waals surface area contributed by atoms with Crippen molar-refractivity contribution in [3.8, 4) is 0 Å². The predicted octanol–water partition coefficient (Wildman–Crippen LogP) is -2.36. The first-order valence-electron chi connectivity index (χ1n) is 2.75. The summed E-state index contributed by atoms with van der Waals surface area (Å²) in [7, 11) is 1.37. The van der Waals surface area contributed by atoms with Crippen LogP contribution in [0.5, 0.6) is 0 Å². The summed E-state index contributed by atoms with van der Waals surface area (Å²) in [5.74, 6) is 0.341. The first-order valence-corrected chi connectivity index (χ1v) is 2.75. The molecule has 0 saturated carbocycles. The summed E-state index contributed by atoms with van der Waals surface area (Å²) < 4.78 is 0.910. The van der Waals surface area contributed by atoms with Crippen LogP contribution in [0, 0.1) is 6.92 Å². The van der Waals surface area contributed by atoms with Crippen LogP contribution in [0.1, 0.15) is 5.82 Å². The highest BCUT2D eigenvalue weighted by Gasteiger charge is 1.94. The van der Waals surface area contributed by atoms with Gasteiger partial charge in [0, 0.05) is 0 Å². The van der Waals surface area contributed by atoms with E-state index in [2.05, 4.69) is 9.97 Å². The summed E-state index contributed by atoms with van der Waals surface area (Å²) >= 11 is 0. The zero-order valence-corrected chi connectivity index (χ0v) is 5.71. The van der Waals surface area contributed by atoms with Crippen LogP contribution in [0.2, 0.25) is 0 Å². The average Bonchev–Trinajstić information content (AvgIpc) is 1.82. The largest absolute Gasteiger partial charge is 0.340 e. The van der Waals surface area contributed by atoms with Crippen LogP contribution in [0.3, 0.4) is 0 Å². The molecule has 1 aromatic rings. The molecule has 0 aliphatic rings. The molecule has 0 atom stereocenters. The van der Waals surface area contributed by atoms with Gasteiger partial charge in [0.1, 0.15) is 5.82 Å². The number of aromatic amines is 1. The molecule has 0 fully saturated rings. The molecule has 0 aliphatic carbocycles. The number of hydrogen-bond acceptors (Lipinski definition) is 3. The molecule has 0 amide bonds. The molecule has 5 nitrogen and oxygen atoms in total. The number of aromatic nitrogens is 3. The Morgan fingerprint density at radius 1 is 1.60 bits per heavy atom. The van der Waals surface area contributed by atoms with E-state index in [-0.39, 0.29) is 0 Å². The normalized spacial score (nSPS) is 9.70. The Kier molecular flexibility index (Phi) is 1.45. The highest BCUT2D eigenvalue weighted by atomic mass is 16.2. The number of rotatable bonds is 0. The molecule has 1 heterocycles. The second-order valence-electron chi connectivity index (χ2n) is 1.97. The molecule has 0 saturated heterocycles. The fraction of sp³-hybridized carbons (Fsp3) is 0.250. The summed E-state index contributed by atoms with van der Waals surface area (Å²) in [4.78, 5) is 27.3. The number of aryl methyl sites for hydroxylation is 1. The number of hydrogen-bond donors (Lipinski definition) is 1. The standard InChI is InChI=1S/C4H6BN3O2/c1-2-6-3(9)8(5)4(10)7-2/h5H2,1H3,(H,6,7,9,10). The molecule has 0 unspecified atom stereocenters. The molecule has 0 aromatic carbocycles. The third kappa shape index (κ3) is 0.998. The van der Waals surface area contributed by atoms with Crippen LogP contribution in [0.25, 0.3) is 0 Å². The van der Waals surface area contributed by atoms with Gasteiger partial charge in [-0.1, -0.05) is 0 Å². The predicted molar refractivity (Wildman–Crippen MR) is 37.8 cm³/mol. The van der Waals surface area contributed by atoms with E-state index in [1.54, 1.807) is 6.92 Å². The van der Waals surface area contributed by atoms with Crippen molar-refractivity contribution in [1.82, 2.24) is 14.4 Å². The maximum absolute atomic E-state index is 10.7. The van der Waals surface area contributed by atoms with Gasteiger partial charge in [-0.15, -0.1) is 0 Å². The topological polar surface area (TPSA) is 67.8 Å². The Hall–Kier alpha value is -1.33. The minimum Gasteiger partial charge on any atom is -0.299 e. The average molecular weight is 139 g/mol. The van der Waals surface area contributed by atoms with Crippen LogP contribution >= 0.6 is 0 Å². The maximum atomic E-state index is 10.7. The van der Waals surface area contributed by atoms with E-state index in [0.717, 1.165) is 4.48 Å². The van der Waals surface area contributed by atoms with Gasteiger partial charge in [0.15, 0.2) is 0 Å². The van der Waals surface area contributed by atoms with E-state index >= 15 is 0 Å². The summed E-state index contributed by atoms with van der Waals surface area (Å²) in [5, 5.41) is 0. The number of nitrogens with one attached hydrogen (secondary N) is 1. The van der Waals surface area contributed by atoms with Gasteiger partial charge in [0.2, 0.25) is 7.98 Å². The van der Waals surface area contributed by atoms with Crippen molar-refractivity contribution in [2.75, 3.05) is 0 Å². The molecule has 0 aliphatic heterocycles. The van der Waals surface area contributed by atoms with Gasteiger partial charge in [-0.25, -0.2) is 9.59 Å². The van der Waals surface area contributed by atoms with Gasteiger partial charge < -0.3 is 0 Å². The Labute approximate surface area is 57.2 Å². The first-order chi connectivity index (χ1) is 4.61. The molecular weight excluding hydrogens is 133 g/mol. The Bertz CT molecular complexity index is 321. The lowest BCUT2D eigenvalue weighted by atomic mass is 10.4. The Morgan fingerprint density at radius 3 is 2.70 bits per heavy atom. The van der Waals surface area contributed by atoms with Gasteiger partial charge >= 0.3 is 11.4 Å². The lowest BCUT2D eigenvalue weighted by Gasteiger charge is -1.93. The van der Waals surface area contributed by atoms with E-state index in [4.69, 9.17) is 0 Å². The fourth-order valence-corrected chi connectivity index (χ4v) is 0.572. The zero-order valence-electron chi connectivity index (χ0n) is 5.71. The van der Waals surface area contributed by atoms with Crippen molar-refractivity contribution in [3.63, 3.8) is 0 Å². The van der Waals surface area contributed by atoms with Crippen LogP contribution < -0.4 is 11.4 Å². The number of H-pyrrole nitrogens is 1. The minimum atomic E-state index is -0.527. The molecule has 0 bridgehead atoms. The van der Waals surface area contributed by atoms with Crippen molar-refractivity contribution in [2.24, 2.45) is 0 Å². The summed E-state index contributed by atoms with van der Waals surface area (Å²) in [5.41, 5.74) is -0.959. The van der Waals surface area contributed by atoms with Crippen molar-refractivity contribution in [3.05, 3.63) is 26.8 Å². The first kappa shape index (κ1) is 6.79. The Morgan fingerprint density at radius 2 is 2.20 bits per heavy atom. The quantitative estimate of drug-likeness (QED) is 0.408. The summed E-state index contributed by atoms with van der Waals surface area (Å²) in [6, 6.07) is 0. The van der Waals surface area contributed by atoms with Crippen molar-refractivity contribution in [2.45, 2.75) is 6.92 Å². The maximum Gasteiger partial charge on any atom is 0.340 e. The number of nitrogens with zero attached hydrogens (tertiary/aromatic N) is 2. The van der Waals surface area contributed by atoms with Gasteiger partial charge in [-0.05, 0) is 6.92 Å².